The Labute approximate surface area is 121 Å². The third-order valence-corrected chi connectivity index (χ3v) is 5.10. The van der Waals surface area contributed by atoms with Gasteiger partial charge in [-0.05, 0) is 53.7 Å². The van der Waals surface area contributed by atoms with E-state index in [4.69, 9.17) is 10.7 Å². The summed E-state index contributed by atoms with van der Waals surface area (Å²) in [6.07, 6.45) is 4.31. The SMILES string of the molecule is CCc1nsc(Sc2nc3c(cc2CN)CCC3)n1. The monoisotopic (exact) mass is 292 g/mol. The molecule has 0 spiro atoms. The lowest BCUT2D eigenvalue weighted by atomic mass is 10.1. The number of hydrogen-bond donors (Lipinski definition) is 1. The maximum absolute atomic E-state index is 5.84. The maximum Gasteiger partial charge on any atom is 0.176 e. The van der Waals surface area contributed by atoms with E-state index >= 15 is 0 Å². The lowest BCUT2D eigenvalue weighted by Gasteiger charge is -2.08. The molecule has 1 aliphatic carbocycles. The fourth-order valence-electron chi connectivity index (χ4n) is 2.24. The molecule has 6 heteroatoms. The van der Waals surface area contributed by atoms with Crippen LogP contribution in [-0.4, -0.2) is 14.3 Å². The number of fused-ring (bicyclic) bond motifs is 1. The average Bonchev–Trinajstić information content (AvgIpc) is 3.06. The summed E-state index contributed by atoms with van der Waals surface area (Å²) < 4.78 is 5.27. The van der Waals surface area contributed by atoms with Crippen molar-refractivity contribution in [1.29, 1.82) is 0 Å². The minimum absolute atomic E-state index is 0.530. The zero-order valence-corrected chi connectivity index (χ0v) is 12.5. The van der Waals surface area contributed by atoms with E-state index in [9.17, 15) is 0 Å². The molecule has 2 N–H and O–H groups in total. The van der Waals surface area contributed by atoms with E-state index < -0.39 is 0 Å². The van der Waals surface area contributed by atoms with Gasteiger partial charge in [-0.1, -0.05) is 13.0 Å². The van der Waals surface area contributed by atoms with Crippen molar-refractivity contribution < 1.29 is 0 Å². The van der Waals surface area contributed by atoms with Crippen molar-refractivity contribution in [2.75, 3.05) is 0 Å². The Bertz CT molecular complexity index is 594. The molecule has 0 radical (unpaired) electrons. The third-order valence-electron chi connectivity index (χ3n) is 3.26. The predicted molar refractivity (Wildman–Crippen MR) is 77.6 cm³/mol. The van der Waals surface area contributed by atoms with Gasteiger partial charge in [0.15, 0.2) is 4.34 Å². The molecule has 0 fully saturated rings. The van der Waals surface area contributed by atoms with Crippen LogP contribution >= 0.6 is 23.3 Å². The first kappa shape index (κ1) is 13.0. The highest BCUT2D eigenvalue weighted by atomic mass is 32.2. The van der Waals surface area contributed by atoms with Gasteiger partial charge in [0.25, 0.3) is 0 Å². The number of rotatable bonds is 4. The number of nitrogens with two attached hydrogens (primary N) is 1. The second kappa shape index (κ2) is 5.56. The molecule has 0 amide bonds. The summed E-state index contributed by atoms with van der Waals surface area (Å²) in [7, 11) is 0. The van der Waals surface area contributed by atoms with Crippen LogP contribution in [0.5, 0.6) is 0 Å². The Kier molecular flexibility index (Phi) is 3.81. The molecule has 4 nitrogen and oxygen atoms in total. The van der Waals surface area contributed by atoms with Crippen LogP contribution in [-0.2, 0) is 25.8 Å². The Morgan fingerprint density at radius 3 is 3.00 bits per heavy atom. The molecule has 0 bridgehead atoms. The van der Waals surface area contributed by atoms with E-state index in [1.54, 1.807) is 11.8 Å². The highest BCUT2D eigenvalue weighted by molar-refractivity contribution is 8.00. The Morgan fingerprint density at radius 1 is 1.37 bits per heavy atom. The van der Waals surface area contributed by atoms with Crippen LogP contribution in [0, 0.1) is 0 Å². The van der Waals surface area contributed by atoms with Gasteiger partial charge in [-0.25, -0.2) is 9.97 Å². The first-order valence-corrected chi connectivity index (χ1v) is 8.11. The fraction of sp³-hybridized carbons (Fsp3) is 0.462. The van der Waals surface area contributed by atoms with Crippen molar-refractivity contribution in [1.82, 2.24) is 14.3 Å². The molecule has 0 aliphatic heterocycles. The van der Waals surface area contributed by atoms with Crippen molar-refractivity contribution in [3.05, 3.63) is 28.7 Å². The highest BCUT2D eigenvalue weighted by Crippen LogP contribution is 2.33. The van der Waals surface area contributed by atoms with Crippen molar-refractivity contribution in [2.24, 2.45) is 5.73 Å². The summed E-state index contributed by atoms with van der Waals surface area (Å²) in [5.41, 5.74) is 9.58. The molecular formula is C13H16N4S2. The zero-order valence-electron chi connectivity index (χ0n) is 10.8. The van der Waals surface area contributed by atoms with Gasteiger partial charge in [-0.3, -0.25) is 0 Å². The van der Waals surface area contributed by atoms with Gasteiger partial charge < -0.3 is 5.73 Å². The van der Waals surface area contributed by atoms with Crippen LogP contribution < -0.4 is 5.73 Å². The Balaban J connectivity index is 1.91. The van der Waals surface area contributed by atoms with E-state index in [-0.39, 0.29) is 0 Å². The van der Waals surface area contributed by atoms with Gasteiger partial charge in [0.05, 0.1) is 0 Å². The van der Waals surface area contributed by atoms with E-state index in [0.717, 1.165) is 40.0 Å². The molecule has 0 atom stereocenters. The van der Waals surface area contributed by atoms with E-state index in [0.29, 0.717) is 6.54 Å². The van der Waals surface area contributed by atoms with Crippen LogP contribution in [0.25, 0.3) is 0 Å². The van der Waals surface area contributed by atoms with Crippen molar-refractivity contribution in [2.45, 2.75) is 48.5 Å². The van der Waals surface area contributed by atoms with Crippen LogP contribution in [0.4, 0.5) is 0 Å². The Hall–Kier alpha value is -0.980. The molecule has 2 aromatic rings. The number of nitrogens with zero attached hydrogens (tertiary/aromatic N) is 3. The van der Waals surface area contributed by atoms with Crippen molar-refractivity contribution in [3.63, 3.8) is 0 Å². The third kappa shape index (κ3) is 2.66. The quantitative estimate of drug-likeness (QED) is 0.938. The molecule has 1 aliphatic rings. The highest BCUT2D eigenvalue weighted by Gasteiger charge is 2.17. The lowest BCUT2D eigenvalue weighted by molar-refractivity contribution is 0.883. The number of aromatic nitrogens is 3. The van der Waals surface area contributed by atoms with Gasteiger partial charge in [-0.15, -0.1) is 0 Å². The van der Waals surface area contributed by atoms with Crippen LogP contribution in [0.3, 0.4) is 0 Å². The van der Waals surface area contributed by atoms with E-state index in [1.807, 2.05) is 0 Å². The topological polar surface area (TPSA) is 64.7 Å². The van der Waals surface area contributed by atoms with Gasteiger partial charge in [0.1, 0.15) is 10.9 Å². The molecule has 0 aromatic carbocycles. The zero-order chi connectivity index (χ0) is 13.2. The van der Waals surface area contributed by atoms with Gasteiger partial charge >= 0.3 is 0 Å². The molecule has 2 heterocycles. The van der Waals surface area contributed by atoms with Gasteiger partial charge in [0.2, 0.25) is 0 Å². The van der Waals surface area contributed by atoms with Gasteiger partial charge in [-0.2, -0.15) is 4.37 Å². The standard InChI is InChI=1S/C13H16N4S2/c1-2-11-16-13(19-17-11)18-12-9(7-14)6-8-4-3-5-10(8)15-12/h6H,2-5,7,14H2,1H3. The average molecular weight is 292 g/mol. The molecule has 19 heavy (non-hydrogen) atoms. The second-order valence-electron chi connectivity index (χ2n) is 4.55. The number of pyridine rings is 1. The largest absolute Gasteiger partial charge is 0.326 e. The molecule has 2 aromatic heterocycles. The summed E-state index contributed by atoms with van der Waals surface area (Å²) in [6, 6.07) is 2.22. The molecule has 0 saturated carbocycles. The molecule has 0 unspecified atom stereocenters. The van der Waals surface area contributed by atoms with Crippen molar-refractivity contribution >= 4 is 23.3 Å². The normalized spacial score (nSPS) is 13.8. The van der Waals surface area contributed by atoms with Gasteiger partial charge in [0, 0.05) is 18.7 Å². The summed E-state index contributed by atoms with van der Waals surface area (Å²) in [6.45, 7) is 2.59. The summed E-state index contributed by atoms with van der Waals surface area (Å²) in [5, 5.41) is 1.00. The summed E-state index contributed by atoms with van der Waals surface area (Å²) in [5.74, 6) is 0.906. The molecule has 0 saturated heterocycles. The predicted octanol–water partition coefficient (Wildman–Crippen LogP) is 2.59. The second-order valence-corrected chi connectivity index (χ2v) is 6.54. The lowest BCUT2D eigenvalue weighted by Crippen LogP contribution is -2.03. The van der Waals surface area contributed by atoms with Crippen LogP contribution in [0.2, 0.25) is 0 Å². The smallest absolute Gasteiger partial charge is 0.176 e. The molecule has 3 rings (SSSR count). The maximum atomic E-state index is 5.84. The fourth-order valence-corrected chi connectivity index (χ4v) is 3.98. The number of aryl methyl sites for hydroxylation is 3. The Morgan fingerprint density at radius 2 is 2.26 bits per heavy atom. The summed E-state index contributed by atoms with van der Waals surface area (Å²) >= 11 is 3.04. The van der Waals surface area contributed by atoms with Crippen LogP contribution in [0.1, 0.15) is 36.0 Å². The van der Waals surface area contributed by atoms with Crippen LogP contribution in [0.15, 0.2) is 15.4 Å². The first-order chi connectivity index (χ1) is 9.30. The number of hydrogen-bond acceptors (Lipinski definition) is 6. The first-order valence-electron chi connectivity index (χ1n) is 6.52. The minimum Gasteiger partial charge on any atom is -0.326 e. The molecule has 100 valence electrons. The van der Waals surface area contributed by atoms with Crippen molar-refractivity contribution in [3.8, 4) is 0 Å². The van der Waals surface area contributed by atoms with E-state index in [2.05, 4.69) is 22.3 Å². The minimum atomic E-state index is 0.530. The molecular weight excluding hydrogens is 276 g/mol. The van der Waals surface area contributed by atoms with E-state index in [1.165, 1.54) is 29.2 Å². The summed E-state index contributed by atoms with van der Waals surface area (Å²) in [4.78, 5) is 9.26.